The van der Waals surface area contributed by atoms with Crippen LogP contribution < -0.4 is 5.32 Å². The Morgan fingerprint density at radius 2 is 2.10 bits per heavy atom. The van der Waals surface area contributed by atoms with Gasteiger partial charge in [0.25, 0.3) is 0 Å². The summed E-state index contributed by atoms with van der Waals surface area (Å²) in [7, 11) is 1.81. The maximum atomic E-state index is 12.5. The van der Waals surface area contributed by atoms with Crippen LogP contribution in [-0.4, -0.2) is 23.9 Å². The molecule has 4 heteroatoms. The van der Waals surface area contributed by atoms with E-state index in [9.17, 15) is 4.79 Å². The Balaban J connectivity index is 1.66. The van der Waals surface area contributed by atoms with Crippen molar-refractivity contribution in [2.24, 2.45) is 0 Å². The van der Waals surface area contributed by atoms with Crippen molar-refractivity contribution in [1.82, 2.24) is 10.2 Å². The van der Waals surface area contributed by atoms with E-state index in [0.29, 0.717) is 6.54 Å². The second kappa shape index (κ2) is 5.51. The Morgan fingerprint density at radius 3 is 2.85 bits per heavy atom. The van der Waals surface area contributed by atoms with E-state index in [0.717, 1.165) is 18.7 Å². The van der Waals surface area contributed by atoms with Gasteiger partial charge in [-0.2, -0.15) is 0 Å². The van der Waals surface area contributed by atoms with Gasteiger partial charge in [-0.3, -0.25) is 4.79 Å². The molecule has 1 N–H and O–H groups in total. The van der Waals surface area contributed by atoms with Crippen molar-refractivity contribution >= 4 is 5.91 Å². The number of carbonyl (C=O) groups excluding carboxylic acids is 1. The van der Waals surface area contributed by atoms with Crippen LogP contribution in [0, 0.1) is 0 Å². The predicted octanol–water partition coefficient (Wildman–Crippen LogP) is 1.95. The third kappa shape index (κ3) is 2.60. The molecule has 1 aliphatic rings. The zero-order chi connectivity index (χ0) is 13.9. The molecule has 1 amide bonds. The number of nitrogens with one attached hydrogen (secondary N) is 1. The summed E-state index contributed by atoms with van der Waals surface area (Å²) in [5, 5.41) is 3.31. The summed E-state index contributed by atoms with van der Waals surface area (Å²) in [6.45, 7) is 1.26. The molecule has 1 aromatic heterocycles. The zero-order valence-electron chi connectivity index (χ0n) is 11.5. The topological polar surface area (TPSA) is 45.5 Å². The lowest BCUT2D eigenvalue weighted by atomic mass is 9.95. The smallest absolute Gasteiger partial charge is 0.240 e. The van der Waals surface area contributed by atoms with Crippen molar-refractivity contribution in [3.63, 3.8) is 0 Å². The summed E-state index contributed by atoms with van der Waals surface area (Å²) in [5.74, 6) is 0.910. The number of carbonyl (C=O) groups is 1. The maximum Gasteiger partial charge on any atom is 0.240 e. The van der Waals surface area contributed by atoms with Gasteiger partial charge in [0.1, 0.15) is 5.76 Å². The number of rotatable bonds is 3. The summed E-state index contributed by atoms with van der Waals surface area (Å²) in [6, 6.07) is 11.8. The van der Waals surface area contributed by atoms with Crippen LogP contribution in [0.25, 0.3) is 0 Å². The van der Waals surface area contributed by atoms with Crippen molar-refractivity contribution in [2.45, 2.75) is 25.6 Å². The van der Waals surface area contributed by atoms with Crippen LogP contribution in [0.3, 0.4) is 0 Å². The summed E-state index contributed by atoms with van der Waals surface area (Å²) in [6.07, 6.45) is 2.38. The Kier molecular flexibility index (Phi) is 3.56. The fourth-order valence-electron chi connectivity index (χ4n) is 2.61. The van der Waals surface area contributed by atoms with Crippen LogP contribution in [-0.2, 0) is 24.3 Å². The number of benzene rings is 1. The fraction of sp³-hybridized carbons (Fsp3) is 0.312. The van der Waals surface area contributed by atoms with Crippen LogP contribution in [0.5, 0.6) is 0 Å². The number of likely N-dealkylation sites (N-methyl/N-ethyl adjacent to an activating group) is 1. The van der Waals surface area contributed by atoms with Gasteiger partial charge in [0.15, 0.2) is 0 Å². The van der Waals surface area contributed by atoms with Gasteiger partial charge in [-0.1, -0.05) is 24.3 Å². The number of nitrogens with zero attached hydrogens (tertiary/aromatic N) is 1. The van der Waals surface area contributed by atoms with E-state index in [2.05, 4.69) is 17.4 Å². The van der Waals surface area contributed by atoms with Gasteiger partial charge in [0, 0.05) is 13.6 Å². The van der Waals surface area contributed by atoms with Gasteiger partial charge in [-0.25, -0.2) is 0 Å². The lowest BCUT2D eigenvalue weighted by Crippen LogP contribution is -2.47. The molecule has 0 bridgehead atoms. The van der Waals surface area contributed by atoms with Gasteiger partial charge in [0.2, 0.25) is 5.91 Å². The summed E-state index contributed by atoms with van der Waals surface area (Å²) in [5.41, 5.74) is 2.54. The molecular formula is C16H18N2O2. The molecule has 0 fully saturated rings. The molecule has 0 spiro atoms. The monoisotopic (exact) mass is 270 g/mol. The van der Waals surface area contributed by atoms with Gasteiger partial charge in [-0.15, -0.1) is 0 Å². The number of hydrogen-bond acceptors (Lipinski definition) is 3. The van der Waals surface area contributed by atoms with E-state index >= 15 is 0 Å². The van der Waals surface area contributed by atoms with Crippen molar-refractivity contribution in [1.29, 1.82) is 0 Å². The van der Waals surface area contributed by atoms with E-state index in [-0.39, 0.29) is 11.9 Å². The van der Waals surface area contributed by atoms with Crippen LogP contribution in [0.1, 0.15) is 16.9 Å². The van der Waals surface area contributed by atoms with Crippen molar-refractivity contribution in [3.05, 3.63) is 59.5 Å². The van der Waals surface area contributed by atoms with Crippen molar-refractivity contribution in [3.8, 4) is 0 Å². The first-order chi connectivity index (χ1) is 9.74. The largest absolute Gasteiger partial charge is 0.467 e. The Labute approximate surface area is 118 Å². The minimum Gasteiger partial charge on any atom is -0.467 e. The molecule has 0 saturated carbocycles. The van der Waals surface area contributed by atoms with Crippen molar-refractivity contribution in [2.75, 3.05) is 7.05 Å². The number of fused-ring (bicyclic) bond motifs is 1. The summed E-state index contributed by atoms with van der Waals surface area (Å²) < 4.78 is 5.28. The average Bonchev–Trinajstić information content (AvgIpc) is 2.99. The predicted molar refractivity (Wildman–Crippen MR) is 76.0 cm³/mol. The molecule has 0 radical (unpaired) electrons. The van der Waals surface area contributed by atoms with Gasteiger partial charge < -0.3 is 14.6 Å². The molecule has 2 heterocycles. The van der Waals surface area contributed by atoms with E-state index in [1.54, 1.807) is 11.2 Å². The Morgan fingerprint density at radius 1 is 1.30 bits per heavy atom. The molecule has 1 aliphatic heterocycles. The minimum atomic E-state index is -0.148. The molecule has 2 aromatic rings. The quantitative estimate of drug-likeness (QED) is 0.927. The maximum absolute atomic E-state index is 12.5. The highest BCUT2D eigenvalue weighted by molar-refractivity contribution is 5.82. The van der Waals surface area contributed by atoms with Gasteiger partial charge >= 0.3 is 0 Å². The second-order valence-corrected chi connectivity index (χ2v) is 5.18. The normalized spacial score (nSPS) is 17.6. The minimum absolute atomic E-state index is 0.107. The lowest BCUT2D eigenvalue weighted by molar-refractivity contribution is -0.133. The van der Waals surface area contributed by atoms with E-state index < -0.39 is 0 Å². The van der Waals surface area contributed by atoms with Gasteiger partial charge in [0.05, 0.1) is 18.8 Å². The molecule has 1 aromatic carbocycles. The molecular weight excluding hydrogens is 252 g/mol. The molecule has 4 nitrogen and oxygen atoms in total. The first kappa shape index (κ1) is 12.9. The fourth-order valence-corrected chi connectivity index (χ4v) is 2.61. The van der Waals surface area contributed by atoms with E-state index in [1.165, 1.54) is 11.1 Å². The van der Waals surface area contributed by atoms with Gasteiger partial charge in [-0.05, 0) is 29.7 Å². The van der Waals surface area contributed by atoms with Crippen molar-refractivity contribution < 1.29 is 9.21 Å². The second-order valence-electron chi connectivity index (χ2n) is 5.18. The molecule has 0 aliphatic carbocycles. The van der Waals surface area contributed by atoms with Crippen LogP contribution >= 0.6 is 0 Å². The highest BCUT2D eigenvalue weighted by Crippen LogP contribution is 2.17. The highest BCUT2D eigenvalue weighted by atomic mass is 16.3. The molecule has 104 valence electrons. The van der Waals surface area contributed by atoms with Crippen LogP contribution in [0.4, 0.5) is 0 Å². The van der Waals surface area contributed by atoms with Crippen LogP contribution in [0.2, 0.25) is 0 Å². The Hall–Kier alpha value is -2.07. The molecule has 20 heavy (non-hydrogen) atoms. The third-order valence-electron chi connectivity index (χ3n) is 3.73. The molecule has 1 atom stereocenters. The third-order valence-corrected chi connectivity index (χ3v) is 3.73. The molecule has 0 saturated heterocycles. The average molecular weight is 270 g/mol. The molecule has 3 rings (SSSR count). The zero-order valence-corrected chi connectivity index (χ0v) is 11.5. The van der Waals surface area contributed by atoms with E-state index in [4.69, 9.17) is 4.42 Å². The number of amides is 1. The van der Waals surface area contributed by atoms with Crippen LogP contribution in [0.15, 0.2) is 47.1 Å². The lowest BCUT2D eigenvalue weighted by Gasteiger charge is -2.28. The molecule has 0 unspecified atom stereocenters. The Bertz CT molecular complexity index is 592. The highest BCUT2D eigenvalue weighted by Gasteiger charge is 2.26. The number of furan rings is 1. The van der Waals surface area contributed by atoms with E-state index in [1.807, 2.05) is 31.3 Å². The first-order valence-corrected chi connectivity index (χ1v) is 6.81. The summed E-state index contributed by atoms with van der Waals surface area (Å²) >= 11 is 0. The SMILES string of the molecule is CN(Cc1ccco1)C(=O)[C@@H]1Cc2ccccc2CN1. The summed E-state index contributed by atoms with van der Waals surface area (Å²) in [4.78, 5) is 14.2. The standard InChI is InChI=1S/C16H18N2O2/c1-18(11-14-7-4-8-20-14)16(19)15-9-12-5-2-3-6-13(12)10-17-15/h2-8,15,17H,9-11H2,1H3/t15-/m0/s1. The number of hydrogen-bond donors (Lipinski definition) is 1. The first-order valence-electron chi connectivity index (χ1n) is 6.81.